The molecule has 23 heavy (non-hydrogen) atoms. The first kappa shape index (κ1) is 14.8. The third-order valence-corrected chi connectivity index (χ3v) is 5.37. The standard InChI is InChI=1S/C17H16ClF2N3/c18-15-12(6-11-4-2-1-3-5-11)16(22-10-21-15)23-7-13-14(8-23)17(13,20)9-19/h1-5,10,13-14H,6-9H2. The van der Waals surface area contributed by atoms with E-state index in [9.17, 15) is 8.78 Å². The molecule has 2 heterocycles. The van der Waals surface area contributed by atoms with Gasteiger partial charge in [0.25, 0.3) is 0 Å². The molecule has 1 aromatic heterocycles. The molecule has 1 aliphatic heterocycles. The molecule has 0 spiro atoms. The van der Waals surface area contributed by atoms with Crippen LogP contribution in [0.1, 0.15) is 11.1 Å². The Kier molecular flexibility index (Phi) is 3.48. The van der Waals surface area contributed by atoms with Gasteiger partial charge in [-0.15, -0.1) is 0 Å². The summed E-state index contributed by atoms with van der Waals surface area (Å²) in [4.78, 5) is 10.4. The van der Waals surface area contributed by atoms with E-state index < -0.39 is 12.3 Å². The summed E-state index contributed by atoms with van der Waals surface area (Å²) in [6.45, 7) is 0.0814. The summed E-state index contributed by atoms with van der Waals surface area (Å²) in [6.07, 6.45) is 2.04. The van der Waals surface area contributed by atoms with E-state index in [0.29, 0.717) is 24.7 Å². The zero-order valence-corrected chi connectivity index (χ0v) is 13.2. The van der Waals surface area contributed by atoms with Crippen LogP contribution in [0.2, 0.25) is 5.15 Å². The van der Waals surface area contributed by atoms with Gasteiger partial charge in [0, 0.05) is 36.9 Å². The van der Waals surface area contributed by atoms with E-state index in [4.69, 9.17) is 11.6 Å². The molecule has 0 radical (unpaired) electrons. The van der Waals surface area contributed by atoms with Crippen molar-refractivity contribution in [2.45, 2.75) is 12.1 Å². The Hall–Kier alpha value is -1.75. The number of piperidine rings is 1. The average molecular weight is 336 g/mol. The largest absolute Gasteiger partial charge is 0.355 e. The molecule has 1 aromatic carbocycles. The van der Waals surface area contributed by atoms with Crippen LogP contribution in [0.3, 0.4) is 0 Å². The van der Waals surface area contributed by atoms with Gasteiger partial charge >= 0.3 is 0 Å². The van der Waals surface area contributed by atoms with E-state index in [1.54, 1.807) is 0 Å². The lowest BCUT2D eigenvalue weighted by Crippen LogP contribution is -2.31. The number of fused-ring (bicyclic) bond motifs is 1. The van der Waals surface area contributed by atoms with Crippen molar-refractivity contribution in [3.8, 4) is 0 Å². The molecule has 1 saturated carbocycles. The van der Waals surface area contributed by atoms with E-state index in [0.717, 1.165) is 16.9 Å². The second kappa shape index (κ2) is 5.41. The highest BCUT2D eigenvalue weighted by Crippen LogP contribution is 2.59. The van der Waals surface area contributed by atoms with Crippen molar-refractivity contribution in [2.24, 2.45) is 11.8 Å². The monoisotopic (exact) mass is 335 g/mol. The van der Waals surface area contributed by atoms with Gasteiger partial charge < -0.3 is 4.90 Å². The number of hydrogen-bond acceptors (Lipinski definition) is 3. The van der Waals surface area contributed by atoms with Crippen molar-refractivity contribution < 1.29 is 8.78 Å². The summed E-state index contributed by atoms with van der Waals surface area (Å²) in [5.41, 5.74) is 0.331. The van der Waals surface area contributed by atoms with Crippen LogP contribution >= 0.6 is 11.6 Å². The summed E-state index contributed by atoms with van der Waals surface area (Å²) in [6, 6.07) is 9.93. The minimum atomic E-state index is -1.62. The van der Waals surface area contributed by atoms with Gasteiger partial charge in [-0.25, -0.2) is 18.7 Å². The molecule has 0 amide bonds. The van der Waals surface area contributed by atoms with Gasteiger partial charge in [-0.3, -0.25) is 0 Å². The molecule has 1 saturated heterocycles. The Bertz CT molecular complexity index is 713. The first-order valence-corrected chi connectivity index (χ1v) is 8.04. The first-order chi connectivity index (χ1) is 11.1. The molecule has 6 heteroatoms. The van der Waals surface area contributed by atoms with Crippen molar-refractivity contribution in [3.05, 3.63) is 52.9 Å². The van der Waals surface area contributed by atoms with Crippen molar-refractivity contribution in [1.82, 2.24) is 9.97 Å². The Morgan fingerprint density at radius 3 is 2.52 bits per heavy atom. The number of alkyl halides is 2. The van der Waals surface area contributed by atoms with E-state index in [1.165, 1.54) is 6.33 Å². The van der Waals surface area contributed by atoms with Gasteiger partial charge in [0.15, 0.2) is 0 Å². The van der Waals surface area contributed by atoms with Gasteiger partial charge in [-0.2, -0.15) is 0 Å². The molecule has 120 valence electrons. The molecular weight excluding hydrogens is 320 g/mol. The maximum absolute atomic E-state index is 14.1. The Balaban J connectivity index is 1.60. The molecule has 2 aromatic rings. The van der Waals surface area contributed by atoms with Gasteiger partial charge in [-0.05, 0) is 5.56 Å². The minimum absolute atomic E-state index is 0.231. The minimum Gasteiger partial charge on any atom is -0.355 e. The van der Waals surface area contributed by atoms with E-state index in [-0.39, 0.29) is 11.8 Å². The van der Waals surface area contributed by atoms with Crippen LogP contribution in [0.4, 0.5) is 14.6 Å². The summed E-state index contributed by atoms with van der Waals surface area (Å²) in [7, 11) is 0. The molecule has 4 rings (SSSR count). The Morgan fingerprint density at radius 1 is 1.17 bits per heavy atom. The molecule has 2 unspecified atom stereocenters. The lowest BCUT2D eigenvalue weighted by atomic mass is 10.1. The van der Waals surface area contributed by atoms with E-state index >= 15 is 0 Å². The van der Waals surface area contributed by atoms with E-state index in [1.807, 2.05) is 35.2 Å². The second-order valence-corrected chi connectivity index (χ2v) is 6.67. The number of hydrogen-bond donors (Lipinski definition) is 0. The number of halogens is 3. The number of aromatic nitrogens is 2. The van der Waals surface area contributed by atoms with Crippen LogP contribution in [0.5, 0.6) is 0 Å². The van der Waals surface area contributed by atoms with Crippen molar-refractivity contribution in [1.29, 1.82) is 0 Å². The topological polar surface area (TPSA) is 29.0 Å². The second-order valence-electron chi connectivity index (χ2n) is 6.31. The predicted molar refractivity (Wildman–Crippen MR) is 85.3 cm³/mol. The molecular formula is C17H16ClF2N3. The molecule has 1 aliphatic carbocycles. The number of anilines is 1. The third-order valence-electron chi connectivity index (χ3n) is 5.04. The molecule has 0 bridgehead atoms. The molecule has 0 N–H and O–H groups in total. The van der Waals surface area contributed by atoms with Gasteiger partial charge in [0.1, 0.15) is 29.6 Å². The highest BCUT2D eigenvalue weighted by Gasteiger charge is 2.70. The van der Waals surface area contributed by atoms with Crippen LogP contribution < -0.4 is 4.90 Å². The molecule has 3 nitrogen and oxygen atoms in total. The quantitative estimate of drug-likeness (QED) is 0.801. The predicted octanol–water partition coefficient (Wildman–Crippen LogP) is 3.46. The Labute approximate surface area is 138 Å². The number of rotatable bonds is 4. The van der Waals surface area contributed by atoms with Crippen LogP contribution in [0.15, 0.2) is 36.7 Å². The molecule has 2 fully saturated rings. The van der Waals surface area contributed by atoms with E-state index in [2.05, 4.69) is 9.97 Å². The highest BCUT2D eigenvalue weighted by atomic mass is 35.5. The van der Waals surface area contributed by atoms with Crippen molar-refractivity contribution in [2.75, 3.05) is 24.7 Å². The van der Waals surface area contributed by atoms with Gasteiger partial charge in [-0.1, -0.05) is 41.9 Å². The highest BCUT2D eigenvalue weighted by molar-refractivity contribution is 6.30. The summed E-state index contributed by atoms with van der Waals surface area (Å²) in [5, 5.41) is 0.413. The molecule has 2 atom stereocenters. The SMILES string of the molecule is FCC1(F)C2CN(c3ncnc(Cl)c3Cc3ccccc3)CC21. The lowest BCUT2D eigenvalue weighted by Gasteiger charge is -2.24. The number of nitrogens with zero attached hydrogens (tertiary/aromatic N) is 3. The van der Waals surface area contributed by atoms with Gasteiger partial charge in [0.05, 0.1) is 0 Å². The molecule has 2 aliphatic rings. The maximum Gasteiger partial charge on any atom is 0.149 e. The summed E-state index contributed by atoms with van der Waals surface area (Å²) in [5.74, 6) is 0.277. The van der Waals surface area contributed by atoms with Gasteiger partial charge in [0.2, 0.25) is 0 Å². The summed E-state index contributed by atoms with van der Waals surface area (Å²) >= 11 is 6.28. The van der Waals surface area contributed by atoms with Crippen LogP contribution in [-0.4, -0.2) is 35.4 Å². The number of benzene rings is 1. The average Bonchev–Trinajstić information content (AvgIpc) is 2.94. The third kappa shape index (κ3) is 2.38. The fraction of sp³-hybridized carbons (Fsp3) is 0.412. The van der Waals surface area contributed by atoms with Crippen LogP contribution in [-0.2, 0) is 6.42 Å². The maximum atomic E-state index is 14.1. The van der Waals surface area contributed by atoms with Crippen molar-refractivity contribution in [3.63, 3.8) is 0 Å². The summed E-state index contributed by atoms with van der Waals surface area (Å²) < 4.78 is 26.9. The Morgan fingerprint density at radius 2 is 1.87 bits per heavy atom. The lowest BCUT2D eigenvalue weighted by molar-refractivity contribution is 0.196. The fourth-order valence-electron chi connectivity index (χ4n) is 3.65. The van der Waals surface area contributed by atoms with Crippen LogP contribution in [0, 0.1) is 11.8 Å². The first-order valence-electron chi connectivity index (χ1n) is 7.66. The smallest absolute Gasteiger partial charge is 0.149 e. The zero-order valence-electron chi connectivity index (χ0n) is 12.4. The van der Waals surface area contributed by atoms with Crippen molar-refractivity contribution >= 4 is 17.4 Å². The fourth-order valence-corrected chi connectivity index (χ4v) is 3.85. The normalized spacial score (nSPS) is 28.7. The zero-order chi connectivity index (χ0) is 16.0. The van der Waals surface area contributed by atoms with Crippen LogP contribution in [0.25, 0.3) is 0 Å².